The number of rotatable bonds is 4. The number of ether oxygens (including phenoxy) is 1. The first kappa shape index (κ1) is 12.9. The highest BCUT2D eigenvalue weighted by atomic mass is 16.5. The summed E-state index contributed by atoms with van der Waals surface area (Å²) in [5.74, 6) is 0.756. The maximum atomic E-state index is 11.8. The lowest BCUT2D eigenvalue weighted by Gasteiger charge is -2.10. The van der Waals surface area contributed by atoms with Crippen LogP contribution < -0.4 is 15.8 Å². The fourth-order valence-electron chi connectivity index (χ4n) is 1.54. The second-order valence-corrected chi connectivity index (χ2v) is 4.35. The molecule has 1 aromatic carbocycles. The predicted molar refractivity (Wildman–Crippen MR) is 73.2 cm³/mol. The van der Waals surface area contributed by atoms with E-state index < -0.39 is 0 Å². The third-order valence-corrected chi connectivity index (χ3v) is 2.33. The molecule has 6 nitrogen and oxygen atoms in total. The van der Waals surface area contributed by atoms with Gasteiger partial charge in [0.25, 0.3) is 5.91 Å². The van der Waals surface area contributed by atoms with Crippen LogP contribution in [0.5, 0.6) is 5.75 Å². The SMILES string of the molecule is CC(C)Oc1ccc(NC(=O)c2cc(N)n[nH]2)cc1. The van der Waals surface area contributed by atoms with E-state index in [1.54, 1.807) is 24.3 Å². The first-order valence-electron chi connectivity index (χ1n) is 5.93. The quantitative estimate of drug-likeness (QED) is 0.784. The van der Waals surface area contributed by atoms with Crippen LogP contribution in [-0.2, 0) is 0 Å². The number of aromatic amines is 1. The van der Waals surface area contributed by atoms with Crippen molar-refractivity contribution >= 4 is 17.4 Å². The number of carbonyl (C=O) groups excluding carboxylic acids is 1. The Balaban J connectivity index is 2.01. The number of H-pyrrole nitrogens is 1. The number of nitrogens with zero attached hydrogens (tertiary/aromatic N) is 1. The average molecular weight is 260 g/mol. The molecule has 0 aliphatic rings. The van der Waals surface area contributed by atoms with E-state index in [1.165, 1.54) is 6.07 Å². The van der Waals surface area contributed by atoms with Crippen LogP contribution >= 0.6 is 0 Å². The zero-order valence-electron chi connectivity index (χ0n) is 10.8. The molecular weight excluding hydrogens is 244 g/mol. The van der Waals surface area contributed by atoms with Gasteiger partial charge in [0.15, 0.2) is 0 Å². The zero-order valence-corrected chi connectivity index (χ0v) is 10.8. The number of aromatic nitrogens is 2. The number of nitrogens with two attached hydrogens (primary N) is 1. The summed E-state index contributed by atoms with van der Waals surface area (Å²) >= 11 is 0. The van der Waals surface area contributed by atoms with E-state index in [1.807, 2.05) is 13.8 Å². The van der Waals surface area contributed by atoms with Gasteiger partial charge in [-0.15, -0.1) is 0 Å². The maximum absolute atomic E-state index is 11.8. The molecule has 0 radical (unpaired) electrons. The van der Waals surface area contributed by atoms with Gasteiger partial charge in [-0.2, -0.15) is 5.10 Å². The number of carbonyl (C=O) groups is 1. The molecule has 19 heavy (non-hydrogen) atoms. The van der Waals surface area contributed by atoms with Crippen LogP contribution in [0.2, 0.25) is 0 Å². The van der Waals surface area contributed by atoms with Crippen molar-refractivity contribution in [2.45, 2.75) is 20.0 Å². The normalized spacial score (nSPS) is 10.5. The van der Waals surface area contributed by atoms with Crippen LogP contribution in [-0.4, -0.2) is 22.2 Å². The standard InChI is InChI=1S/C13H16N4O2/c1-8(2)19-10-5-3-9(4-6-10)15-13(18)11-7-12(14)17-16-11/h3-8H,1-2H3,(H,15,18)(H3,14,16,17). The summed E-state index contributed by atoms with van der Waals surface area (Å²) in [5, 5.41) is 8.98. The molecule has 6 heteroatoms. The van der Waals surface area contributed by atoms with Gasteiger partial charge in [-0.1, -0.05) is 0 Å². The molecule has 1 heterocycles. The van der Waals surface area contributed by atoms with Crippen LogP contribution in [0.15, 0.2) is 30.3 Å². The van der Waals surface area contributed by atoms with Crippen molar-refractivity contribution in [1.29, 1.82) is 0 Å². The van der Waals surface area contributed by atoms with E-state index in [0.717, 1.165) is 5.75 Å². The number of hydrogen-bond acceptors (Lipinski definition) is 4. The van der Waals surface area contributed by atoms with E-state index in [-0.39, 0.29) is 17.8 Å². The van der Waals surface area contributed by atoms with Crippen LogP contribution in [0.4, 0.5) is 11.5 Å². The van der Waals surface area contributed by atoms with Crippen molar-refractivity contribution in [3.05, 3.63) is 36.0 Å². The van der Waals surface area contributed by atoms with Crippen molar-refractivity contribution in [3.8, 4) is 5.75 Å². The van der Waals surface area contributed by atoms with Crippen molar-refractivity contribution in [2.24, 2.45) is 0 Å². The topological polar surface area (TPSA) is 93.0 Å². The Bertz CT molecular complexity index is 560. The molecule has 0 spiro atoms. The van der Waals surface area contributed by atoms with Gasteiger partial charge >= 0.3 is 0 Å². The third kappa shape index (κ3) is 3.48. The largest absolute Gasteiger partial charge is 0.491 e. The molecule has 0 saturated carbocycles. The van der Waals surface area contributed by atoms with Crippen LogP contribution in [0, 0.1) is 0 Å². The lowest BCUT2D eigenvalue weighted by atomic mass is 10.3. The minimum atomic E-state index is -0.290. The first-order chi connectivity index (χ1) is 9.04. The molecule has 0 aliphatic heterocycles. The summed E-state index contributed by atoms with van der Waals surface area (Å²) in [4.78, 5) is 11.8. The molecule has 0 aliphatic carbocycles. The molecule has 1 aromatic heterocycles. The molecule has 4 N–H and O–H groups in total. The number of nitrogen functional groups attached to an aromatic ring is 1. The fourth-order valence-corrected chi connectivity index (χ4v) is 1.54. The fraction of sp³-hybridized carbons (Fsp3) is 0.231. The van der Waals surface area contributed by atoms with E-state index in [9.17, 15) is 4.79 Å². The monoisotopic (exact) mass is 260 g/mol. The smallest absolute Gasteiger partial charge is 0.273 e. The van der Waals surface area contributed by atoms with Crippen molar-refractivity contribution in [1.82, 2.24) is 10.2 Å². The first-order valence-corrected chi connectivity index (χ1v) is 5.93. The minimum Gasteiger partial charge on any atom is -0.491 e. The summed E-state index contributed by atoms with van der Waals surface area (Å²) in [5.41, 5.74) is 6.43. The second-order valence-electron chi connectivity index (χ2n) is 4.35. The van der Waals surface area contributed by atoms with Crippen LogP contribution in [0.1, 0.15) is 24.3 Å². The Kier molecular flexibility index (Phi) is 3.70. The Labute approximate surface area is 111 Å². The Morgan fingerprint density at radius 3 is 2.58 bits per heavy atom. The molecule has 0 unspecified atom stereocenters. The van der Waals surface area contributed by atoms with E-state index in [0.29, 0.717) is 11.4 Å². The summed E-state index contributed by atoms with van der Waals surface area (Å²) < 4.78 is 5.52. The van der Waals surface area contributed by atoms with Crippen molar-refractivity contribution < 1.29 is 9.53 Å². The molecule has 0 saturated heterocycles. The average Bonchev–Trinajstić information content (AvgIpc) is 2.78. The second kappa shape index (κ2) is 5.43. The summed E-state index contributed by atoms with van der Waals surface area (Å²) in [7, 11) is 0. The molecular formula is C13H16N4O2. The van der Waals surface area contributed by atoms with Crippen LogP contribution in [0.3, 0.4) is 0 Å². The summed E-state index contributed by atoms with van der Waals surface area (Å²) in [6, 6.07) is 8.63. The minimum absolute atomic E-state index is 0.119. The van der Waals surface area contributed by atoms with Gasteiger partial charge in [0.2, 0.25) is 0 Å². The van der Waals surface area contributed by atoms with E-state index in [2.05, 4.69) is 15.5 Å². The van der Waals surface area contributed by atoms with Crippen molar-refractivity contribution in [2.75, 3.05) is 11.1 Å². The molecule has 100 valence electrons. The Morgan fingerprint density at radius 1 is 1.37 bits per heavy atom. The van der Waals surface area contributed by atoms with Gasteiger partial charge in [0.1, 0.15) is 17.3 Å². The summed E-state index contributed by atoms with van der Waals surface area (Å²) in [6.07, 6.45) is 0.119. The zero-order chi connectivity index (χ0) is 13.8. The highest BCUT2D eigenvalue weighted by molar-refractivity contribution is 6.03. The van der Waals surface area contributed by atoms with Gasteiger partial charge in [0.05, 0.1) is 6.10 Å². The number of anilines is 2. The van der Waals surface area contributed by atoms with E-state index in [4.69, 9.17) is 10.5 Å². The molecule has 0 bridgehead atoms. The summed E-state index contributed by atoms with van der Waals surface area (Å²) in [6.45, 7) is 3.91. The lowest BCUT2D eigenvalue weighted by molar-refractivity contribution is 0.102. The van der Waals surface area contributed by atoms with Gasteiger partial charge in [-0.05, 0) is 38.1 Å². The predicted octanol–water partition coefficient (Wildman–Crippen LogP) is 2.03. The van der Waals surface area contributed by atoms with Gasteiger partial charge in [-0.3, -0.25) is 9.89 Å². The number of nitrogens with one attached hydrogen (secondary N) is 2. The molecule has 0 fully saturated rings. The lowest BCUT2D eigenvalue weighted by Crippen LogP contribution is -2.12. The maximum Gasteiger partial charge on any atom is 0.273 e. The number of amides is 1. The highest BCUT2D eigenvalue weighted by Crippen LogP contribution is 2.17. The number of hydrogen-bond donors (Lipinski definition) is 3. The van der Waals surface area contributed by atoms with Gasteiger partial charge in [0, 0.05) is 11.8 Å². The highest BCUT2D eigenvalue weighted by Gasteiger charge is 2.09. The Hall–Kier alpha value is -2.50. The van der Waals surface area contributed by atoms with Gasteiger partial charge in [-0.25, -0.2) is 0 Å². The number of benzene rings is 1. The molecule has 2 aromatic rings. The Morgan fingerprint density at radius 2 is 2.05 bits per heavy atom. The third-order valence-electron chi connectivity index (χ3n) is 2.33. The molecule has 1 amide bonds. The van der Waals surface area contributed by atoms with Crippen LogP contribution in [0.25, 0.3) is 0 Å². The van der Waals surface area contributed by atoms with Gasteiger partial charge < -0.3 is 15.8 Å². The molecule has 0 atom stereocenters. The van der Waals surface area contributed by atoms with E-state index >= 15 is 0 Å². The molecule has 2 rings (SSSR count). The van der Waals surface area contributed by atoms with Crippen molar-refractivity contribution in [3.63, 3.8) is 0 Å².